The van der Waals surface area contributed by atoms with Crippen molar-refractivity contribution in [3.05, 3.63) is 45.3 Å². The molecular weight excluding hydrogens is 272 g/mol. The number of carbonyl (C=O) groups is 1. The number of hydrogen-bond donors (Lipinski definition) is 2. The molecule has 0 saturated carbocycles. The van der Waals surface area contributed by atoms with E-state index in [1.165, 1.54) is 10.4 Å². The van der Waals surface area contributed by atoms with Gasteiger partial charge in [0.25, 0.3) is 0 Å². The zero-order valence-corrected chi connectivity index (χ0v) is 12.5. The van der Waals surface area contributed by atoms with Crippen LogP contribution in [0.4, 0.5) is 5.82 Å². The van der Waals surface area contributed by atoms with E-state index in [1.54, 1.807) is 23.5 Å². The highest BCUT2D eigenvalue weighted by atomic mass is 32.1. The van der Waals surface area contributed by atoms with Crippen molar-refractivity contribution in [1.82, 2.24) is 4.98 Å². The van der Waals surface area contributed by atoms with Crippen LogP contribution in [-0.4, -0.2) is 16.1 Å². The number of pyridine rings is 1. The maximum Gasteiger partial charge on any atom is 0.335 e. The molecule has 20 heavy (non-hydrogen) atoms. The first-order valence-electron chi connectivity index (χ1n) is 6.61. The zero-order valence-electron chi connectivity index (χ0n) is 11.6. The van der Waals surface area contributed by atoms with Gasteiger partial charge in [0, 0.05) is 10.6 Å². The van der Waals surface area contributed by atoms with Crippen LogP contribution in [0.2, 0.25) is 0 Å². The third kappa shape index (κ3) is 3.57. The number of aromatic carboxylic acids is 1. The number of aryl methyl sites for hydroxylation is 2. The number of carboxylic acid groups (broad SMARTS) is 1. The summed E-state index contributed by atoms with van der Waals surface area (Å²) in [5.41, 5.74) is 2.34. The van der Waals surface area contributed by atoms with Gasteiger partial charge < -0.3 is 10.4 Å². The lowest BCUT2D eigenvalue weighted by Gasteiger charge is -2.09. The van der Waals surface area contributed by atoms with Gasteiger partial charge in [0.05, 0.1) is 12.1 Å². The fraction of sp³-hybridized carbons (Fsp3) is 0.333. The number of aromatic nitrogens is 1. The molecule has 0 fully saturated rings. The maximum atomic E-state index is 11.1. The number of nitrogens with zero attached hydrogens (tertiary/aromatic N) is 1. The van der Waals surface area contributed by atoms with Crippen LogP contribution in [0.3, 0.4) is 0 Å². The van der Waals surface area contributed by atoms with Crippen molar-refractivity contribution in [3.8, 4) is 0 Å². The Morgan fingerprint density at radius 3 is 2.85 bits per heavy atom. The number of nitrogens with one attached hydrogen (secondary N) is 1. The van der Waals surface area contributed by atoms with Crippen LogP contribution in [0.15, 0.2) is 23.6 Å². The average molecular weight is 290 g/mol. The molecule has 0 spiro atoms. The number of rotatable bonds is 6. The Morgan fingerprint density at radius 1 is 1.45 bits per heavy atom. The van der Waals surface area contributed by atoms with Crippen molar-refractivity contribution in [1.29, 1.82) is 0 Å². The zero-order chi connectivity index (χ0) is 14.5. The van der Waals surface area contributed by atoms with Crippen LogP contribution < -0.4 is 5.32 Å². The standard InChI is InChI=1S/C15H18N2O2S/c1-3-4-12-7-11(15(18)19)8-14(17-12)16-9-13-10(2)5-6-20-13/h5-8H,3-4,9H2,1-2H3,(H,16,17)(H,18,19). The molecule has 0 amide bonds. The molecule has 2 aromatic heterocycles. The van der Waals surface area contributed by atoms with Crippen molar-refractivity contribution in [3.63, 3.8) is 0 Å². The lowest BCUT2D eigenvalue weighted by molar-refractivity contribution is 0.0696. The minimum absolute atomic E-state index is 0.286. The molecule has 0 radical (unpaired) electrons. The van der Waals surface area contributed by atoms with E-state index in [-0.39, 0.29) is 5.56 Å². The van der Waals surface area contributed by atoms with Crippen molar-refractivity contribution >= 4 is 23.1 Å². The minimum atomic E-state index is -0.917. The summed E-state index contributed by atoms with van der Waals surface area (Å²) >= 11 is 1.69. The second kappa shape index (κ2) is 6.52. The molecule has 2 aromatic rings. The van der Waals surface area contributed by atoms with E-state index in [2.05, 4.69) is 35.6 Å². The van der Waals surface area contributed by atoms with Crippen LogP contribution >= 0.6 is 11.3 Å². The molecule has 5 heteroatoms. The smallest absolute Gasteiger partial charge is 0.335 e. The molecule has 0 aliphatic carbocycles. The first-order chi connectivity index (χ1) is 9.60. The summed E-state index contributed by atoms with van der Waals surface area (Å²) in [6, 6.07) is 5.31. The van der Waals surface area contributed by atoms with Crippen molar-refractivity contribution < 1.29 is 9.90 Å². The van der Waals surface area contributed by atoms with Gasteiger partial charge in [-0.3, -0.25) is 0 Å². The lowest BCUT2D eigenvalue weighted by Crippen LogP contribution is -2.06. The van der Waals surface area contributed by atoms with Gasteiger partial charge in [0.2, 0.25) is 0 Å². The normalized spacial score (nSPS) is 10.5. The van der Waals surface area contributed by atoms with Gasteiger partial charge >= 0.3 is 5.97 Å². The molecule has 0 aliphatic heterocycles. The molecule has 2 N–H and O–H groups in total. The summed E-state index contributed by atoms with van der Waals surface area (Å²) in [5.74, 6) is -0.291. The highest BCUT2D eigenvalue weighted by Gasteiger charge is 2.09. The highest BCUT2D eigenvalue weighted by Crippen LogP contribution is 2.18. The maximum absolute atomic E-state index is 11.1. The molecule has 0 aromatic carbocycles. The van der Waals surface area contributed by atoms with Gasteiger partial charge in [-0.1, -0.05) is 13.3 Å². The Kier molecular flexibility index (Phi) is 4.74. The topological polar surface area (TPSA) is 62.2 Å². The van der Waals surface area contributed by atoms with Crippen LogP contribution in [0, 0.1) is 6.92 Å². The van der Waals surface area contributed by atoms with Gasteiger partial charge in [-0.15, -0.1) is 11.3 Å². The Hall–Kier alpha value is -1.88. The molecule has 4 nitrogen and oxygen atoms in total. The highest BCUT2D eigenvalue weighted by molar-refractivity contribution is 7.10. The van der Waals surface area contributed by atoms with Gasteiger partial charge in [-0.2, -0.15) is 0 Å². The van der Waals surface area contributed by atoms with Crippen molar-refractivity contribution in [2.45, 2.75) is 33.2 Å². The summed E-state index contributed by atoms with van der Waals surface area (Å²) in [7, 11) is 0. The van der Waals surface area contributed by atoms with Gasteiger partial charge in [0.1, 0.15) is 5.82 Å². The third-order valence-electron chi connectivity index (χ3n) is 3.03. The Balaban J connectivity index is 2.17. The summed E-state index contributed by atoms with van der Waals surface area (Å²) < 4.78 is 0. The van der Waals surface area contributed by atoms with Crippen molar-refractivity contribution in [2.75, 3.05) is 5.32 Å². The largest absolute Gasteiger partial charge is 0.478 e. The Morgan fingerprint density at radius 2 is 2.25 bits per heavy atom. The predicted molar refractivity (Wildman–Crippen MR) is 81.6 cm³/mol. The average Bonchev–Trinajstić information content (AvgIpc) is 2.82. The Bertz CT molecular complexity index is 608. The molecule has 0 unspecified atom stereocenters. The SMILES string of the molecule is CCCc1cc(C(=O)O)cc(NCc2sccc2C)n1. The molecule has 0 atom stereocenters. The first-order valence-corrected chi connectivity index (χ1v) is 7.49. The first kappa shape index (κ1) is 14.5. The van der Waals surface area contributed by atoms with E-state index in [0.29, 0.717) is 12.4 Å². The number of thiophene rings is 1. The Labute approximate surface area is 122 Å². The molecular formula is C15H18N2O2S. The molecule has 0 aliphatic rings. The molecule has 2 rings (SSSR count). The van der Waals surface area contributed by atoms with Gasteiger partial charge in [-0.25, -0.2) is 9.78 Å². The number of hydrogen-bond acceptors (Lipinski definition) is 4. The summed E-state index contributed by atoms with van der Waals surface area (Å²) in [6.45, 7) is 4.79. The number of anilines is 1. The third-order valence-corrected chi connectivity index (χ3v) is 4.05. The fourth-order valence-electron chi connectivity index (χ4n) is 1.94. The minimum Gasteiger partial charge on any atom is -0.478 e. The number of carboxylic acids is 1. The second-order valence-electron chi connectivity index (χ2n) is 4.67. The summed E-state index contributed by atoms with van der Waals surface area (Å²) in [4.78, 5) is 16.8. The molecule has 0 bridgehead atoms. The van der Waals surface area contributed by atoms with Crippen LogP contribution in [-0.2, 0) is 13.0 Å². The van der Waals surface area contributed by atoms with Crippen LogP contribution in [0.5, 0.6) is 0 Å². The second-order valence-corrected chi connectivity index (χ2v) is 5.67. The summed E-state index contributed by atoms with van der Waals surface area (Å²) in [6.07, 6.45) is 1.73. The predicted octanol–water partition coefficient (Wildman–Crippen LogP) is 3.71. The molecule has 2 heterocycles. The van der Waals surface area contributed by atoms with E-state index in [9.17, 15) is 4.79 Å². The lowest BCUT2D eigenvalue weighted by atomic mass is 10.1. The van der Waals surface area contributed by atoms with Crippen LogP contribution in [0.1, 0.15) is 39.8 Å². The fourth-order valence-corrected chi connectivity index (χ4v) is 2.79. The van der Waals surface area contributed by atoms with Crippen LogP contribution in [0.25, 0.3) is 0 Å². The van der Waals surface area contributed by atoms with E-state index >= 15 is 0 Å². The molecule has 106 valence electrons. The molecule has 0 saturated heterocycles. The van der Waals surface area contributed by atoms with E-state index in [1.807, 2.05) is 0 Å². The van der Waals surface area contributed by atoms with Crippen molar-refractivity contribution in [2.24, 2.45) is 0 Å². The van der Waals surface area contributed by atoms with E-state index < -0.39 is 5.97 Å². The van der Waals surface area contributed by atoms with Gasteiger partial charge in [-0.05, 0) is 42.5 Å². The summed E-state index contributed by atoms with van der Waals surface area (Å²) in [5, 5.41) is 14.4. The quantitative estimate of drug-likeness (QED) is 0.851. The monoisotopic (exact) mass is 290 g/mol. The van der Waals surface area contributed by atoms with Gasteiger partial charge in [0.15, 0.2) is 0 Å². The van der Waals surface area contributed by atoms with E-state index in [0.717, 1.165) is 18.5 Å². The van der Waals surface area contributed by atoms with E-state index in [4.69, 9.17) is 5.11 Å².